The molecule has 0 amide bonds. The van der Waals surface area contributed by atoms with Crippen molar-refractivity contribution in [3.63, 3.8) is 0 Å². The Balaban J connectivity index is 2.04. The van der Waals surface area contributed by atoms with Gasteiger partial charge in [0.1, 0.15) is 0 Å². The Morgan fingerprint density at radius 3 is 2.90 bits per heavy atom. The molecule has 0 atom stereocenters. The summed E-state index contributed by atoms with van der Waals surface area (Å²) in [5.74, 6) is 0.911. The van der Waals surface area contributed by atoms with E-state index in [1.165, 1.54) is 29.7 Å². The molecule has 116 valence electrons. The normalized spacial score (nSPS) is 14.8. The second-order valence-corrected chi connectivity index (χ2v) is 5.61. The third-order valence-corrected chi connectivity index (χ3v) is 3.80. The number of hydrogen-bond donors (Lipinski definition) is 2. The largest absolute Gasteiger partial charge is 0.374 e. The van der Waals surface area contributed by atoms with Gasteiger partial charge in [-0.3, -0.25) is 0 Å². The number of aliphatic imine (C=N–C) groups is 1. The molecule has 0 aliphatic carbocycles. The number of nitrogens with one attached hydrogen (secondary N) is 2. The van der Waals surface area contributed by atoms with Gasteiger partial charge in [0.05, 0.1) is 6.54 Å². The Bertz CT molecular complexity index is 482. The summed E-state index contributed by atoms with van der Waals surface area (Å²) < 4.78 is 0. The molecule has 0 saturated heterocycles. The van der Waals surface area contributed by atoms with Gasteiger partial charge in [0.25, 0.3) is 0 Å². The number of hydrogen-bond acceptors (Lipinski definition) is 2. The summed E-state index contributed by atoms with van der Waals surface area (Å²) >= 11 is 0. The van der Waals surface area contributed by atoms with Crippen LogP contribution in [0.5, 0.6) is 0 Å². The standard InChI is InChI=1S/C17H28N4/c1-4-10-19-17(18-5-2)20-13-14-8-9-16-15(12-14)7-6-11-21(16)3/h8-9,12H,4-7,10-11,13H2,1-3H3,(H2,18,19,20). The van der Waals surface area contributed by atoms with Crippen LogP contribution < -0.4 is 15.5 Å². The van der Waals surface area contributed by atoms with Crippen LogP contribution in [-0.2, 0) is 13.0 Å². The maximum absolute atomic E-state index is 4.67. The minimum atomic E-state index is 0.732. The molecule has 1 aromatic rings. The van der Waals surface area contributed by atoms with Crippen molar-refractivity contribution >= 4 is 11.6 Å². The molecule has 4 heteroatoms. The molecule has 2 N–H and O–H groups in total. The van der Waals surface area contributed by atoms with E-state index in [1.54, 1.807) is 0 Å². The third-order valence-electron chi connectivity index (χ3n) is 3.80. The van der Waals surface area contributed by atoms with Crippen LogP contribution in [0.1, 0.15) is 37.8 Å². The van der Waals surface area contributed by atoms with Crippen molar-refractivity contribution in [2.75, 3.05) is 31.6 Å². The zero-order chi connectivity index (χ0) is 15.1. The highest BCUT2D eigenvalue weighted by Crippen LogP contribution is 2.26. The summed E-state index contributed by atoms with van der Waals surface area (Å²) in [4.78, 5) is 7.02. The van der Waals surface area contributed by atoms with Gasteiger partial charge in [-0.15, -0.1) is 0 Å². The molecule has 1 aromatic carbocycles. The number of benzene rings is 1. The van der Waals surface area contributed by atoms with Gasteiger partial charge in [-0.1, -0.05) is 19.1 Å². The number of fused-ring (bicyclic) bond motifs is 1. The van der Waals surface area contributed by atoms with Crippen LogP contribution in [0.3, 0.4) is 0 Å². The molecule has 1 heterocycles. The molecule has 0 saturated carbocycles. The fraction of sp³-hybridized carbons (Fsp3) is 0.588. The van der Waals surface area contributed by atoms with Crippen molar-refractivity contribution in [3.05, 3.63) is 29.3 Å². The lowest BCUT2D eigenvalue weighted by Crippen LogP contribution is -2.37. The first kappa shape index (κ1) is 15.7. The van der Waals surface area contributed by atoms with Crippen molar-refractivity contribution in [1.29, 1.82) is 0 Å². The zero-order valence-corrected chi connectivity index (χ0v) is 13.6. The first-order chi connectivity index (χ1) is 10.2. The van der Waals surface area contributed by atoms with Crippen LogP contribution in [0.4, 0.5) is 5.69 Å². The molecule has 0 aromatic heterocycles. The summed E-state index contributed by atoms with van der Waals surface area (Å²) in [6.07, 6.45) is 3.54. The summed E-state index contributed by atoms with van der Waals surface area (Å²) in [5, 5.41) is 6.63. The lowest BCUT2D eigenvalue weighted by atomic mass is 10.00. The van der Waals surface area contributed by atoms with Crippen LogP contribution in [0.15, 0.2) is 23.2 Å². The second kappa shape index (κ2) is 7.91. The molecular weight excluding hydrogens is 260 g/mol. The fourth-order valence-electron chi connectivity index (χ4n) is 2.69. The van der Waals surface area contributed by atoms with Gasteiger partial charge in [0.15, 0.2) is 5.96 Å². The summed E-state index contributed by atoms with van der Waals surface area (Å²) in [5.41, 5.74) is 4.13. The number of anilines is 1. The van der Waals surface area contributed by atoms with E-state index in [9.17, 15) is 0 Å². The molecular formula is C17H28N4. The summed E-state index contributed by atoms with van der Waals surface area (Å²) in [7, 11) is 2.17. The molecule has 0 radical (unpaired) electrons. The minimum Gasteiger partial charge on any atom is -0.374 e. The van der Waals surface area contributed by atoms with E-state index in [2.05, 4.69) is 59.6 Å². The molecule has 0 fully saturated rings. The highest BCUT2D eigenvalue weighted by Gasteiger charge is 2.13. The molecule has 1 aliphatic heterocycles. The van der Waals surface area contributed by atoms with Crippen LogP contribution in [0.25, 0.3) is 0 Å². The van der Waals surface area contributed by atoms with Gasteiger partial charge < -0.3 is 15.5 Å². The first-order valence-corrected chi connectivity index (χ1v) is 8.09. The number of guanidine groups is 1. The lowest BCUT2D eigenvalue weighted by Gasteiger charge is -2.27. The highest BCUT2D eigenvalue weighted by molar-refractivity contribution is 5.79. The van der Waals surface area contributed by atoms with Crippen molar-refractivity contribution in [1.82, 2.24) is 10.6 Å². The lowest BCUT2D eigenvalue weighted by molar-refractivity contribution is 0.742. The highest BCUT2D eigenvalue weighted by atomic mass is 15.2. The van der Waals surface area contributed by atoms with Crippen molar-refractivity contribution in [2.45, 2.75) is 39.7 Å². The van der Waals surface area contributed by atoms with Crippen molar-refractivity contribution < 1.29 is 0 Å². The fourth-order valence-corrected chi connectivity index (χ4v) is 2.69. The van der Waals surface area contributed by atoms with E-state index in [4.69, 9.17) is 0 Å². The van der Waals surface area contributed by atoms with E-state index in [-0.39, 0.29) is 0 Å². The van der Waals surface area contributed by atoms with Crippen LogP contribution in [0, 0.1) is 0 Å². The molecule has 1 aliphatic rings. The average Bonchev–Trinajstić information content (AvgIpc) is 2.50. The van der Waals surface area contributed by atoms with Crippen LogP contribution >= 0.6 is 0 Å². The third kappa shape index (κ3) is 4.38. The van der Waals surface area contributed by atoms with Crippen molar-refractivity contribution in [2.24, 2.45) is 4.99 Å². The minimum absolute atomic E-state index is 0.732. The molecule has 0 bridgehead atoms. The SMILES string of the molecule is CCCNC(=NCc1ccc2c(c1)CCCN2C)NCC. The predicted molar refractivity (Wildman–Crippen MR) is 91.1 cm³/mol. The van der Waals surface area contributed by atoms with Crippen LogP contribution in [0.2, 0.25) is 0 Å². The average molecular weight is 288 g/mol. The molecule has 0 unspecified atom stereocenters. The molecule has 4 nitrogen and oxygen atoms in total. The second-order valence-electron chi connectivity index (χ2n) is 5.61. The Hall–Kier alpha value is -1.71. The van der Waals surface area contributed by atoms with Gasteiger partial charge in [0, 0.05) is 32.4 Å². The van der Waals surface area contributed by atoms with Crippen molar-refractivity contribution in [3.8, 4) is 0 Å². The quantitative estimate of drug-likeness (QED) is 0.646. The smallest absolute Gasteiger partial charge is 0.191 e. The zero-order valence-electron chi connectivity index (χ0n) is 13.6. The Kier molecular flexibility index (Phi) is 5.90. The van der Waals surface area contributed by atoms with Gasteiger partial charge in [0.2, 0.25) is 0 Å². The van der Waals surface area contributed by atoms with E-state index in [0.717, 1.165) is 38.6 Å². The number of nitrogens with zero attached hydrogens (tertiary/aromatic N) is 2. The summed E-state index contributed by atoms with van der Waals surface area (Å²) in [6.45, 7) is 8.01. The number of aryl methyl sites for hydroxylation is 1. The Morgan fingerprint density at radius 2 is 2.14 bits per heavy atom. The maximum Gasteiger partial charge on any atom is 0.191 e. The summed E-state index contributed by atoms with van der Waals surface area (Å²) in [6, 6.07) is 6.76. The topological polar surface area (TPSA) is 39.7 Å². The predicted octanol–water partition coefficient (Wildman–Crippen LogP) is 2.53. The van der Waals surface area contributed by atoms with Crippen LogP contribution in [-0.4, -0.2) is 32.6 Å². The molecule has 0 spiro atoms. The van der Waals surface area contributed by atoms with E-state index in [0.29, 0.717) is 0 Å². The van der Waals surface area contributed by atoms with Gasteiger partial charge in [-0.05, 0) is 43.4 Å². The monoisotopic (exact) mass is 288 g/mol. The first-order valence-electron chi connectivity index (χ1n) is 8.09. The van der Waals surface area contributed by atoms with Gasteiger partial charge >= 0.3 is 0 Å². The number of rotatable bonds is 5. The Morgan fingerprint density at radius 1 is 1.29 bits per heavy atom. The molecule has 2 rings (SSSR count). The van der Waals surface area contributed by atoms with Gasteiger partial charge in [-0.2, -0.15) is 0 Å². The van der Waals surface area contributed by atoms with Gasteiger partial charge in [-0.25, -0.2) is 4.99 Å². The molecule has 21 heavy (non-hydrogen) atoms. The van der Waals surface area contributed by atoms with E-state index >= 15 is 0 Å². The Labute approximate surface area is 128 Å². The van der Waals surface area contributed by atoms with E-state index in [1.807, 2.05) is 0 Å². The van der Waals surface area contributed by atoms with E-state index < -0.39 is 0 Å². The maximum atomic E-state index is 4.67.